The van der Waals surface area contributed by atoms with Gasteiger partial charge in [-0.25, -0.2) is 9.18 Å². The molecule has 1 fully saturated rings. The molecule has 0 radical (unpaired) electrons. The third kappa shape index (κ3) is 4.27. The molecule has 1 saturated carbocycles. The Bertz CT molecular complexity index is 523. The van der Waals surface area contributed by atoms with Crippen LogP contribution in [0.4, 0.5) is 4.39 Å². The highest BCUT2D eigenvalue weighted by molar-refractivity contribution is 9.10. The lowest BCUT2D eigenvalue weighted by Crippen LogP contribution is -2.46. The summed E-state index contributed by atoms with van der Waals surface area (Å²) in [6.45, 7) is 0. The van der Waals surface area contributed by atoms with Crippen molar-refractivity contribution in [3.8, 4) is 0 Å². The lowest BCUT2D eigenvalue weighted by molar-refractivity contribution is -0.141. The van der Waals surface area contributed by atoms with Crippen molar-refractivity contribution in [3.63, 3.8) is 0 Å². The molecule has 1 unspecified atom stereocenters. The van der Waals surface area contributed by atoms with Crippen LogP contribution in [0.25, 0.3) is 0 Å². The fraction of sp³-hybridized carbons (Fsp3) is 0.467. The molecular formula is C15H17BrFNO3. The smallest absolute Gasteiger partial charge is 0.326 e. The van der Waals surface area contributed by atoms with Crippen LogP contribution < -0.4 is 5.32 Å². The van der Waals surface area contributed by atoms with E-state index in [1.807, 2.05) is 0 Å². The van der Waals surface area contributed by atoms with Gasteiger partial charge in [0.15, 0.2) is 0 Å². The lowest BCUT2D eigenvalue weighted by Gasteiger charge is -2.28. The number of rotatable bonds is 4. The monoisotopic (exact) mass is 357 g/mol. The molecule has 1 aromatic carbocycles. The molecule has 0 heterocycles. The average Bonchev–Trinajstić information content (AvgIpc) is 2.44. The van der Waals surface area contributed by atoms with E-state index in [4.69, 9.17) is 0 Å². The van der Waals surface area contributed by atoms with E-state index in [1.165, 1.54) is 12.1 Å². The van der Waals surface area contributed by atoms with E-state index in [0.717, 1.165) is 38.2 Å². The number of amides is 1. The van der Waals surface area contributed by atoms with Crippen molar-refractivity contribution in [2.24, 2.45) is 5.92 Å². The molecule has 2 rings (SSSR count). The first-order chi connectivity index (χ1) is 9.97. The Morgan fingerprint density at radius 3 is 2.48 bits per heavy atom. The zero-order valence-electron chi connectivity index (χ0n) is 11.4. The van der Waals surface area contributed by atoms with E-state index < -0.39 is 23.7 Å². The number of hydrogen-bond donors (Lipinski definition) is 2. The van der Waals surface area contributed by atoms with Crippen LogP contribution in [0.2, 0.25) is 0 Å². The van der Waals surface area contributed by atoms with Gasteiger partial charge in [-0.15, -0.1) is 0 Å². The zero-order chi connectivity index (χ0) is 15.4. The Balaban J connectivity index is 2.12. The average molecular weight is 358 g/mol. The second-order valence-corrected chi connectivity index (χ2v) is 6.26. The predicted octanol–water partition coefficient (Wildman–Crippen LogP) is 3.35. The van der Waals surface area contributed by atoms with Crippen LogP contribution in [-0.2, 0) is 4.79 Å². The maximum atomic E-state index is 13.3. The Morgan fingerprint density at radius 1 is 1.24 bits per heavy atom. The minimum Gasteiger partial charge on any atom is -0.480 e. The van der Waals surface area contributed by atoms with Crippen molar-refractivity contribution < 1.29 is 19.1 Å². The van der Waals surface area contributed by atoms with Crippen LogP contribution in [0.3, 0.4) is 0 Å². The maximum Gasteiger partial charge on any atom is 0.326 e. The van der Waals surface area contributed by atoms with Crippen molar-refractivity contribution in [2.75, 3.05) is 0 Å². The summed E-state index contributed by atoms with van der Waals surface area (Å²) < 4.78 is 13.8. The number of carbonyl (C=O) groups is 2. The third-order valence-electron chi connectivity index (χ3n) is 3.80. The molecule has 0 aromatic heterocycles. The first kappa shape index (κ1) is 15.9. The van der Waals surface area contributed by atoms with Crippen LogP contribution in [0.15, 0.2) is 22.7 Å². The molecule has 1 aliphatic rings. The van der Waals surface area contributed by atoms with Crippen LogP contribution in [0.5, 0.6) is 0 Å². The number of carboxylic acid groups (broad SMARTS) is 1. The number of hydrogen-bond acceptors (Lipinski definition) is 2. The highest BCUT2D eigenvalue weighted by Crippen LogP contribution is 2.27. The molecular weight excluding hydrogens is 341 g/mol. The van der Waals surface area contributed by atoms with Gasteiger partial charge < -0.3 is 10.4 Å². The third-order valence-corrected chi connectivity index (χ3v) is 4.26. The second kappa shape index (κ2) is 7.02. The van der Waals surface area contributed by atoms with Gasteiger partial charge >= 0.3 is 5.97 Å². The van der Waals surface area contributed by atoms with Crippen molar-refractivity contribution in [1.82, 2.24) is 5.32 Å². The Kier molecular flexibility index (Phi) is 5.33. The first-order valence-corrected chi connectivity index (χ1v) is 7.76. The van der Waals surface area contributed by atoms with Crippen molar-refractivity contribution in [1.29, 1.82) is 0 Å². The van der Waals surface area contributed by atoms with Gasteiger partial charge in [0, 0.05) is 10.0 Å². The number of aliphatic carboxylic acids is 1. The van der Waals surface area contributed by atoms with Gasteiger partial charge in [0.05, 0.1) is 0 Å². The van der Waals surface area contributed by atoms with Crippen LogP contribution >= 0.6 is 15.9 Å². The highest BCUT2D eigenvalue weighted by Gasteiger charge is 2.31. The van der Waals surface area contributed by atoms with Gasteiger partial charge in [-0.2, -0.15) is 0 Å². The summed E-state index contributed by atoms with van der Waals surface area (Å²) in [6, 6.07) is 2.89. The number of carboxylic acids is 1. The van der Waals surface area contributed by atoms with E-state index in [-0.39, 0.29) is 11.5 Å². The van der Waals surface area contributed by atoms with Gasteiger partial charge in [-0.3, -0.25) is 4.79 Å². The molecule has 1 atom stereocenters. The normalized spacial score (nSPS) is 17.2. The van der Waals surface area contributed by atoms with Crippen LogP contribution in [0.1, 0.15) is 42.5 Å². The van der Waals surface area contributed by atoms with E-state index in [9.17, 15) is 19.1 Å². The van der Waals surface area contributed by atoms with Crippen molar-refractivity contribution in [3.05, 3.63) is 34.1 Å². The predicted molar refractivity (Wildman–Crippen MR) is 79.6 cm³/mol. The molecule has 1 amide bonds. The van der Waals surface area contributed by atoms with Gasteiger partial charge in [0.1, 0.15) is 11.9 Å². The quantitative estimate of drug-likeness (QED) is 0.868. The molecule has 0 spiro atoms. The fourth-order valence-electron chi connectivity index (χ4n) is 2.76. The first-order valence-electron chi connectivity index (χ1n) is 6.97. The molecule has 0 aliphatic heterocycles. The summed E-state index contributed by atoms with van der Waals surface area (Å²) in [5.74, 6) is -2.20. The molecule has 1 aliphatic carbocycles. The summed E-state index contributed by atoms with van der Waals surface area (Å²) in [5.41, 5.74) is 0.115. The highest BCUT2D eigenvalue weighted by atomic mass is 79.9. The SMILES string of the molecule is O=C(NC(C(=O)O)C1CCCCC1)c1cc(F)cc(Br)c1. The topological polar surface area (TPSA) is 66.4 Å². The van der Waals surface area contributed by atoms with Crippen LogP contribution in [0, 0.1) is 11.7 Å². The zero-order valence-corrected chi connectivity index (χ0v) is 13.0. The lowest BCUT2D eigenvalue weighted by atomic mass is 9.84. The Hall–Kier alpha value is -1.43. The fourth-order valence-corrected chi connectivity index (χ4v) is 3.22. The standard InChI is InChI=1S/C15H17BrFNO3/c16-11-6-10(7-12(17)8-11)14(19)18-13(15(20)21)9-4-2-1-3-5-9/h6-9,13H,1-5H2,(H,18,19)(H,20,21). The van der Waals surface area contributed by atoms with E-state index in [0.29, 0.717) is 4.47 Å². The minimum absolute atomic E-state index is 0.0581. The summed E-state index contributed by atoms with van der Waals surface area (Å²) in [6.07, 6.45) is 4.66. The maximum absolute atomic E-state index is 13.3. The van der Waals surface area contributed by atoms with E-state index in [2.05, 4.69) is 21.2 Å². The molecule has 1 aromatic rings. The Morgan fingerprint density at radius 2 is 1.90 bits per heavy atom. The summed E-state index contributed by atoms with van der Waals surface area (Å²) in [5, 5.41) is 11.9. The molecule has 2 N–H and O–H groups in total. The second-order valence-electron chi connectivity index (χ2n) is 5.35. The number of nitrogens with one attached hydrogen (secondary N) is 1. The van der Waals surface area contributed by atoms with Crippen LogP contribution in [-0.4, -0.2) is 23.0 Å². The largest absolute Gasteiger partial charge is 0.480 e. The summed E-state index contributed by atoms with van der Waals surface area (Å²) in [4.78, 5) is 23.5. The molecule has 4 nitrogen and oxygen atoms in total. The summed E-state index contributed by atoms with van der Waals surface area (Å²) in [7, 11) is 0. The molecule has 21 heavy (non-hydrogen) atoms. The Labute approximate surface area is 130 Å². The van der Waals surface area contributed by atoms with Gasteiger partial charge in [0.25, 0.3) is 5.91 Å². The number of benzene rings is 1. The summed E-state index contributed by atoms with van der Waals surface area (Å²) >= 11 is 3.12. The number of halogens is 2. The van der Waals surface area contributed by atoms with Gasteiger partial charge in [0.2, 0.25) is 0 Å². The van der Waals surface area contributed by atoms with E-state index >= 15 is 0 Å². The van der Waals surface area contributed by atoms with E-state index in [1.54, 1.807) is 0 Å². The molecule has 0 saturated heterocycles. The molecule has 0 bridgehead atoms. The van der Waals surface area contributed by atoms with Gasteiger partial charge in [-0.05, 0) is 37.0 Å². The van der Waals surface area contributed by atoms with Crippen molar-refractivity contribution >= 4 is 27.8 Å². The number of carbonyl (C=O) groups excluding carboxylic acids is 1. The molecule has 114 valence electrons. The van der Waals surface area contributed by atoms with Crippen molar-refractivity contribution in [2.45, 2.75) is 38.1 Å². The minimum atomic E-state index is -1.04. The van der Waals surface area contributed by atoms with Gasteiger partial charge in [-0.1, -0.05) is 35.2 Å². The molecule has 6 heteroatoms.